The van der Waals surface area contributed by atoms with E-state index in [9.17, 15) is 23.1 Å². The maximum absolute atomic E-state index is 13.5. The Morgan fingerprint density at radius 3 is 2.43 bits per heavy atom. The molecule has 10 heteroatoms. The number of hydrogen-bond donors (Lipinski definition) is 1. The fourth-order valence-electron chi connectivity index (χ4n) is 4.99. The summed E-state index contributed by atoms with van der Waals surface area (Å²) in [5.74, 6) is -0.515. The van der Waals surface area contributed by atoms with Crippen LogP contribution in [0.4, 0.5) is 13.2 Å². The highest BCUT2D eigenvalue weighted by molar-refractivity contribution is 6.32. The molecule has 2 unspecified atom stereocenters. The first kappa shape index (κ1) is 33.3. The number of aromatic nitrogens is 1. The van der Waals surface area contributed by atoms with Gasteiger partial charge in [-0.05, 0) is 47.7 Å². The van der Waals surface area contributed by atoms with Crippen molar-refractivity contribution in [3.8, 4) is 5.75 Å². The number of ether oxygens (including phenoxy) is 1. The first-order valence-corrected chi connectivity index (χ1v) is 14.0. The molecule has 0 aliphatic heterocycles. The van der Waals surface area contributed by atoms with Crippen molar-refractivity contribution in [3.05, 3.63) is 101 Å². The van der Waals surface area contributed by atoms with Crippen LogP contribution in [0, 0.1) is 5.92 Å². The predicted octanol–water partition coefficient (Wildman–Crippen LogP) is 8.53. The largest absolute Gasteiger partial charge is 0.493 e. The van der Waals surface area contributed by atoms with Crippen LogP contribution >= 0.6 is 24.0 Å². The van der Waals surface area contributed by atoms with Gasteiger partial charge < -0.3 is 14.4 Å². The van der Waals surface area contributed by atoms with Crippen LogP contribution in [0.15, 0.2) is 79.0 Å². The number of benzene rings is 3. The van der Waals surface area contributed by atoms with Crippen molar-refractivity contribution in [2.75, 3.05) is 19.7 Å². The number of carbonyl (C=O) groups is 1. The van der Waals surface area contributed by atoms with Crippen LogP contribution in [0.1, 0.15) is 42.9 Å². The van der Waals surface area contributed by atoms with Gasteiger partial charge in [0.2, 0.25) is 0 Å². The summed E-state index contributed by atoms with van der Waals surface area (Å²) in [5, 5.41) is 9.91. The van der Waals surface area contributed by atoms with Crippen molar-refractivity contribution in [2.45, 2.75) is 45.5 Å². The van der Waals surface area contributed by atoms with E-state index >= 15 is 0 Å². The molecule has 0 radical (unpaired) electrons. The average molecular weight is 624 g/mol. The van der Waals surface area contributed by atoms with Crippen LogP contribution in [-0.4, -0.2) is 40.2 Å². The van der Waals surface area contributed by atoms with E-state index in [0.717, 1.165) is 22.5 Å². The minimum Gasteiger partial charge on any atom is -0.493 e. The lowest BCUT2D eigenvalue weighted by Gasteiger charge is -2.27. The highest BCUT2D eigenvalue weighted by Crippen LogP contribution is 2.37. The Hall–Kier alpha value is -3.20. The smallest absolute Gasteiger partial charge is 0.417 e. The van der Waals surface area contributed by atoms with E-state index in [2.05, 4.69) is 11.8 Å². The van der Waals surface area contributed by atoms with Crippen LogP contribution < -0.4 is 4.74 Å². The summed E-state index contributed by atoms with van der Waals surface area (Å²) in [6.45, 7) is 6.04. The molecule has 0 saturated carbocycles. The van der Waals surface area contributed by atoms with Crippen LogP contribution in [0.2, 0.25) is 5.02 Å². The molecule has 0 bridgehead atoms. The summed E-state index contributed by atoms with van der Waals surface area (Å²) < 4.78 is 48.5. The van der Waals surface area contributed by atoms with Gasteiger partial charge in [-0.2, -0.15) is 13.2 Å². The molecule has 4 aromatic rings. The van der Waals surface area contributed by atoms with Gasteiger partial charge in [0.25, 0.3) is 0 Å². The number of fused-ring (bicyclic) bond motifs is 1. The Morgan fingerprint density at radius 1 is 1.02 bits per heavy atom. The van der Waals surface area contributed by atoms with Crippen molar-refractivity contribution in [1.29, 1.82) is 0 Å². The lowest BCUT2D eigenvalue weighted by Crippen LogP contribution is -2.30. The minimum atomic E-state index is -4.52. The first-order chi connectivity index (χ1) is 19.5. The molecular weight excluding hydrogens is 588 g/mol. The number of halogens is 5. The zero-order valence-corrected chi connectivity index (χ0v) is 25.1. The summed E-state index contributed by atoms with van der Waals surface area (Å²) in [6.07, 6.45) is -2.01. The van der Waals surface area contributed by atoms with Crippen molar-refractivity contribution in [1.82, 2.24) is 9.47 Å². The third-order valence-corrected chi connectivity index (χ3v) is 7.67. The van der Waals surface area contributed by atoms with Gasteiger partial charge in [-0.15, -0.1) is 12.4 Å². The third kappa shape index (κ3) is 8.43. The normalized spacial score (nSPS) is 13.1. The SMILES string of the molecule is CC(Cn1ccc2c(OCCCN(Cc3cccc(C(F)(F)F)c3Cl)CC(C)c3ccccc3)cccc21)C(=O)O.Cl. The van der Waals surface area contributed by atoms with Crippen LogP contribution in [0.25, 0.3) is 10.9 Å². The number of carboxylic acids is 1. The number of aliphatic carboxylic acids is 1. The summed E-state index contributed by atoms with van der Waals surface area (Å²) in [4.78, 5) is 13.4. The Kier molecular flexibility index (Phi) is 11.7. The van der Waals surface area contributed by atoms with E-state index in [1.165, 1.54) is 6.07 Å². The van der Waals surface area contributed by atoms with Gasteiger partial charge in [0.15, 0.2) is 0 Å². The Morgan fingerprint density at radius 2 is 1.74 bits per heavy atom. The maximum atomic E-state index is 13.5. The van der Waals surface area contributed by atoms with Gasteiger partial charge in [0.1, 0.15) is 5.75 Å². The summed E-state index contributed by atoms with van der Waals surface area (Å²) in [5.41, 5.74) is 1.66. The fraction of sp³-hybridized carbons (Fsp3) is 0.344. The molecule has 1 aromatic heterocycles. The zero-order valence-electron chi connectivity index (χ0n) is 23.5. The number of alkyl halides is 3. The molecule has 0 fully saturated rings. The van der Waals surface area contributed by atoms with E-state index in [1.807, 2.05) is 65.4 Å². The highest BCUT2D eigenvalue weighted by atomic mass is 35.5. The molecule has 0 aliphatic carbocycles. The molecular formula is C32H35Cl2F3N2O3. The first-order valence-electron chi connectivity index (χ1n) is 13.6. The number of rotatable bonds is 13. The standard InChI is InChI=1S/C32H34ClF3N2O3.ClH/c1-22(24-9-4-3-5-10-24)19-37(21-25-11-6-12-27(30(25)33)32(34,35)36)16-8-18-41-29-14-7-13-28-26(29)15-17-38(28)20-23(2)31(39)40;/h3-7,9-15,17,22-23H,8,16,18-21H2,1-2H3,(H,39,40);1H. The van der Waals surface area contributed by atoms with E-state index in [1.54, 1.807) is 13.0 Å². The molecule has 5 nitrogen and oxygen atoms in total. The van der Waals surface area contributed by atoms with Gasteiger partial charge in [-0.1, -0.05) is 74.0 Å². The molecule has 3 aromatic carbocycles. The van der Waals surface area contributed by atoms with E-state index in [4.69, 9.17) is 16.3 Å². The summed E-state index contributed by atoms with van der Waals surface area (Å²) in [7, 11) is 0. The van der Waals surface area contributed by atoms with Crippen molar-refractivity contribution < 1.29 is 27.8 Å². The van der Waals surface area contributed by atoms with Crippen LogP contribution in [0.3, 0.4) is 0 Å². The van der Waals surface area contributed by atoms with Crippen molar-refractivity contribution in [3.63, 3.8) is 0 Å². The van der Waals surface area contributed by atoms with Gasteiger partial charge in [0, 0.05) is 37.8 Å². The second kappa shape index (κ2) is 14.8. The van der Waals surface area contributed by atoms with Crippen LogP contribution in [0.5, 0.6) is 5.75 Å². The van der Waals surface area contributed by atoms with Gasteiger partial charge >= 0.3 is 12.1 Å². The molecule has 0 spiro atoms. The van der Waals surface area contributed by atoms with Crippen molar-refractivity contribution >= 4 is 40.9 Å². The third-order valence-electron chi connectivity index (χ3n) is 7.22. The molecule has 0 aliphatic rings. The number of hydrogen-bond acceptors (Lipinski definition) is 3. The molecule has 226 valence electrons. The van der Waals surface area contributed by atoms with E-state index in [0.29, 0.717) is 44.0 Å². The lowest BCUT2D eigenvalue weighted by molar-refractivity contribution is -0.141. The summed E-state index contributed by atoms with van der Waals surface area (Å²) >= 11 is 6.23. The van der Waals surface area contributed by atoms with Gasteiger partial charge in [-0.3, -0.25) is 9.69 Å². The molecule has 4 rings (SSSR count). The Labute approximate surface area is 255 Å². The highest BCUT2D eigenvalue weighted by Gasteiger charge is 2.34. The van der Waals surface area contributed by atoms with E-state index in [-0.39, 0.29) is 29.9 Å². The fourth-order valence-corrected chi connectivity index (χ4v) is 5.29. The van der Waals surface area contributed by atoms with E-state index < -0.39 is 23.6 Å². The van der Waals surface area contributed by atoms with Crippen molar-refractivity contribution in [2.24, 2.45) is 5.92 Å². The molecule has 42 heavy (non-hydrogen) atoms. The van der Waals surface area contributed by atoms with Crippen LogP contribution in [-0.2, 0) is 24.1 Å². The molecule has 0 saturated heterocycles. The second-order valence-electron chi connectivity index (χ2n) is 10.4. The quantitative estimate of drug-likeness (QED) is 0.152. The van der Waals surface area contributed by atoms with Gasteiger partial charge in [-0.25, -0.2) is 0 Å². The second-order valence-corrected chi connectivity index (χ2v) is 10.8. The Bertz CT molecular complexity index is 1460. The topological polar surface area (TPSA) is 54.7 Å². The number of nitrogens with zero attached hydrogens (tertiary/aromatic N) is 2. The molecule has 2 atom stereocenters. The zero-order chi connectivity index (χ0) is 29.6. The monoisotopic (exact) mass is 622 g/mol. The Balaban J connectivity index is 0.00000484. The summed E-state index contributed by atoms with van der Waals surface area (Å²) in [6, 6.07) is 21.7. The minimum absolute atomic E-state index is 0. The molecule has 0 amide bonds. The van der Waals surface area contributed by atoms with Gasteiger partial charge in [0.05, 0.1) is 28.6 Å². The average Bonchev–Trinajstić information content (AvgIpc) is 3.35. The predicted molar refractivity (Wildman–Crippen MR) is 163 cm³/mol. The molecule has 1 N–H and O–H groups in total. The maximum Gasteiger partial charge on any atom is 0.417 e. The lowest BCUT2D eigenvalue weighted by atomic mass is 10.00. The molecule has 1 heterocycles. The number of carboxylic acid groups (broad SMARTS) is 1.